The molecule has 194 valence electrons. The van der Waals surface area contributed by atoms with Gasteiger partial charge in [0.05, 0.1) is 18.2 Å². The van der Waals surface area contributed by atoms with Crippen molar-refractivity contribution < 1.29 is 41.4 Å². The van der Waals surface area contributed by atoms with Crippen molar-refractivity contribution in [2.24, 2.45) is 0 Å². The maximum absolute atomic E-state index is 13.7. The second-order valence-corrected chi connectivity index (χ2v) is 8.61. The highest BCUT2D eigenvalue weighted by Crippen LogP contribution is 2.43. The minimum Gasteiger partial charge on any atom is -0.481 e. The van der Waals surface area contributed by atoms with Gasteiger partial charge in [-0.3, -0.25) is 0 Å². The van der Waals surface area contributed by atoms with Gasteiger partial charge in [-0.25, -0.2) is 18.4 Å². The number of aliphatic hydroxyl groups excluding tert-OH is 1. The van der Waals surface area contributed by atoms with Gasteiger partial charge in [0.25, 0.3) is 0 Å². The van der Waals surface area contributed by atoms with Gasteiger partial charge in [-0.05, 0) is 29.8 Å². The van der Waals surface area contributed by atoms with Crippen LogP contribution in [0, 0.1) is 0 Å². The van der Waals surface area contributed by atoms with Crippen LogP contribution in [0.2, 0.25) is 0 Å². The number of benzene rings is 2. The zero-order valence-electron chi connectivity index (χ0n) is 18.8. The number of nitrogens with zero attached hydrogens (tertiary/aromatic N) is 1. The number of alkyl halides is 5. The summed E-state index contributed by atoms with van der Waals surface area (Å²) >= 11 is 0. The van der Waals surface area contributed by atoms with Crippen LogP contribution in [0.1, 0.15) is 29.2 Å². The van der Waals surface area contributed by atoms with Crippen molar-refractivity contribution >= 4 is 23.4 Å². The molecular formula is C23H23F5N4O4. The van der Waals surface area contributed by atoms with Gasteiger partial charge in [0.15, 0.2) is 5.60 Å². The van der Waals surface area contributed by atoms with E-state index in [0.717, 1.165) is 17.7 Å². The fraction of sp³-hybridized carbons (Fsp3) is 0.391. The molecule has 2 aliphatic rings. The van der Waals surface area contributed by atoms with Crippen LogP contribution in [-0.2, 0) is 12.7 Å². The van der Waals surface area contributed by atoms with Gasteiger partial charge in [0.1, 0.15) is 19.1 Å². The molecule has 2 aliphatic heterocycles. The second kappa shape index (κ2) is 9.80. The molecule has 13 heteroatoms. The number of amides is 4. The smallest absolute Gasteiger partial charge is 0.416 e. The first-order chi connectivity index (χ1) is 17.1. The molecular weight excluding hydrogens is 491 g/mol. The number of anilines is 2. The van der Waals surface area contributed by atoms with E-state index in [-0.39, 0.29) is 37.4 Å². The van der Waals surface area contributed by atoms with Gasteiger partial charge in [0.2, 0.25) is 0 Å². The van der Waals surface area contributed by atoms with Crippen molar-refractivity contribution in [3.8, 4) is 5.75 Å². The maximum Gasteiger partial charge on any atom is 0.416 e. The predicted molar refractivity (Wildman–Crippen MR) is 119 cm³/mol. The number of halogens is 5. The summed E-state index contributed by atoms with van der Waals surface area (Å²) in [6.45, 7) is -2.39. The Morgan fingerprint density at radius 3 is 2.61 bits per heavy atom. The Balaban J connectivity index is 1.52. The lowest BCUT2D eigenvalue weighted by Crippen LogP contribution is -2.49. The first-order valence-electron chi connectivity index (χ1n) is 11.0. The molecule has 2 aromatic carbocycles. The molecule has 0 saturated heterocycles. The Bertz CT molecular complexity index is 1160. The third-order valence-corrected chi connectivity index (χ3v) is 6.04. The lowest BCUT2D eigenvalue weighted by atomic mass is 9.88. The quantitative estimate of drug-likeness (QED) is 0.430. The zero-order chi connectivity index (χ0) is 26.1. The third kappa shape index (κ3) is 5.15. The van der Waals surface area contributed by atoms with Gasteiger partial charge in [-0.15, -0.1) is 0 Å². The van der Waals surface area contributed by atoms with E-state index in [9.17, 15) is 31.5 Å². The lowest BCUT2D eigenvalue weighted by molar-refractivity contribution is -0.137. The van der Waals surface area contributed by atoms with E-state index in [4.69, 9.17) is 9.84 Å². The third-order valence-electron chi connectivity index (χ3n) is 6.04. The predicted octanol–water partition coefficient (Wildman–Crippen LogP) is 4.37. The van der Waals surface area contributed by atoms with Crippen molar-refractivity contribution in [1.29, 1.82) is 0 Å². The number of ether oxygens (including phenoxy) is 1. The Hall–Kier alpha value is -3.61. The molecule has 0 radical (unpaired) electrons. The molecule has 0 aromatic heterocycles. The van der Waals surface area contributed by atoms with Crippen molar-refractivity contribution in [3.05, 3.63) is 53.1 Å². The SMILES string of the molecule is O=C(Nc1ccc2c(c1)NC(=O)N(CCO)C2)N[C@@H]1CC(CF)(CF)Oc2cc(C(F)(F)F)ccc21. The molecule has 0 spiro atoms. The largest absolute Gasteiger partial charge is 0.481 e. The molecule has 4 rings (SSSR count). The Kier molecular flexibility index (Phi) is 6.94. The molecule has 0 unspecified atom stereocenters. The first-order valence-corrected chi connectivity index (χ1v) is 11.0. The van der Waals surface area contributed by atoms with Crippen LogP contribution in [0.5, 0.6) is 5.75 Å². The van der Waals surface area contributed by atoms with Crippen LogP contribution >= 0.6 is 0 Å². The maximum atomic E-state index is 13.7. The van der Waals surface area contributed by atoms with Gasteiger partial charge >= 0.3 is 18.2 Å². The summed E-state index contributed by atoms with van der Waals surface area (Å²) in [4.78, 5) is 26.3. The number of aliphatic hydroxyl groups is 1. The lowest BCUT2D eigenvalue weighted by Gasteiger charge is -2.39. The molecule has 0 fully saturated rings. The normalized spacial score (nSPS) is 18.4. The Morgan fingerprint density at radius 1 is 1.19 bits per heavy atom. The van der Waals surface area contributed by atoms with Gasteiger partial charge in [-0.1, -0.05) is 12.1 Å². The van der Waals surface area contributed by atoms with E-state index in [2.05, 4.69) is 16.0 Å². The average Bonchev–Trinajstić information content (AvgIpc) is 2.83. The number of hydrogen-bond acceptors (Lipinski definition) is 4. The van der Waals surface area contributed by atoms with Crippen molar-refractivity contribution in [1.82, 2.24) is 10.2 Å². The fourth-order valence-corrected chi connectivity index (χ4v) is 4.18. The number of rotatable bonds is 6. The summed E-state index contributed by atoms with van der Waals surface area (Å²) in [6.07, 6.45) is -5.03. The number of urea groups is 2. The highest BCUT2D eigenvalue weighted by Gasteiger charge is 2.43. The van der Waals surface area contributed by atoms with Crippen LogP contribution in [-0.4, -0.2) is 54.2 Å². The van der Waals surface area contributed by atoms with Crippen LogP contribution in [0.3, 0.4) is 0 Å². The molecule has 0 saturated carbocycles. The molecule has 0 aliphatic carbocycles. The second-order valence-electron chi connectivity index (χ2n) is 8.61. The molecule has 0 bridgehead atoms. The highest BCUT2D eigenvalue weighted by atomic mass is 19.4. The van der Waals surface area contributed by atoms with E-state index >= 15 is 0 Å². The van der Waals surface area contributed by atoms with E-state index in [1.807, 2.05) is 0 Å². The van der Waals surface area contributed by atoms with Crippen molar-refractivity contribution in [2.75, 3.05) is 37.1 Å². The number of hydrogen-bond donors (Lipinski definition) is 4. The number of carbonyl (C=O) groups excluding carboxylic acids is 2. The highest BCUT2D eigenvalue weighted by molar-refractivity contribution is 5.95. The van der Waals surface area contributed by atoms with Crippen molar-refractivity contribution in [2.45, 2.75) is 30.8 Å². The summed E-state index contributed by atoms with van der Waals surface area (Å²) in [5.41, 5.74) is -1.43. The summed E-state index contributed by atoms with van der Waals surface area (Å²) in [5, 5.41) is 16.8. The number of carbonyl (C=O) groups is 2. The molecule has 4 N–H and O–H groups in total. The van der Waals surface area contributed by atoms with E-state index < -0.39 is 48.8 Å². The minimum atomic E-state index is -4.69. The molecule has 2 heterocycles. The summed E-state index contributed by atoms with van der Waals surface area (Å²) in [5.74, 6) is -0.361. The first kappa shape index (κ1) is 25.5. The van der Waals surface area contributed by atoms with Crippen LogP contribution in [0.25, 0.3) is 0 Å². The van der Waals surface area contributed by atoms with Crippen LogP contribution < -0.4 is 20.7 Å². The molecule has 2 aromatic rings. The van der Waals surface area contributed by atoms with Crippen molar-refractivity contribution in [3.63, 3.8) is 0 Å². The molecule has 4 amide bonds. The minimum absolute atomic E-state index is 0.150. The number of nitrogens with one attached hydrogen (secondary N) is 3. The van der Waals surface area contributed by atoms with Gasteiger partial charge in [-0.2, -0.15) is 13.2 Å². The average molecular weight is 514 g/mol. The summed E-state index contributed by atoms with van der Waals surface area (Å²) in [7, 11) is 0. The Morgan fingerprint density at radius 2 is 1.94 bits per heavy atom. The van der Waals surface area contributed by atoms with Gasteiger partial charge < -0.3 is 30.7 Å². The molecule has 1 atom stereocenters. The van der Waals surface area contributed by atoms with Crippen LogP contribution in [0.15, 0.2) is 36.4 Å². The monoisotopic (exact) mass is 514 g/mol. The van der Waals surface area contributed by atoms with E-state index in [1.165, 1.54) is 11.0 Å². The van der Waals surface area contributed by atoms with E-state index in [1.54, 1.807) is 12.1 Å². The fourth-order valence-electron chi connectivity index (χ4n) is 4.18. The molecule has 36 heavy (non-hydrogen) atoms. The Labute approximate surface area is 202 Å². The van der Waals surface area contributed by atoms with E-state index in [0.29, 0.717) is 17.4 Å². The number of fused-ring (bicyclic) bond motifs is 2. The molecule has 8 nitrogen and oxygen atoms in total. The summed E-state index contributed by atoms with van der Waals surface area (Å²) in [6, 6.07) is 5.12. The topological polar surface area (TPSA) is 103 Å². The zero-order valence-corrected chi connectivity index (χ0v) is 18.8. The standard InChI is InChI=1S/C23H23F5N4O4/c24-11-22(12-25)9-18(16-4-2-14(23(26,27)28)7-19(16)36-22)30-20(34)29-15-3-1-13-10-32(5-6-33)21(35)31-17(13)8-15/h1-4,7-8,18,33H,5-6,9-12H2,(H,31,35)(H2,29,30,34)/t18-/m1/s1. The van der Waals surface area contributed by atoms with Crippen LogP contribution in [0.4, 0.5) is 42.9 Å². The number of β-amino-alcohol motifs (C(OH)–C–C–N with tert-alkyl or cyclic N) is 1. The summed E-state index contributed by atoms with van der Waals surface area (Å²) < 4.78 is 72.2. The van der Waals surface area contributed by atoms with Gasteiger partial charge in [0, 0.05) is 36.4 Å².